The molecule has 0 spiro atoms. The molecule has 0 radical (unpaired) electrons. The first-order chi connectivity index (χ1) is 14.0. The van der Waals surface area contributed by atoms with Crippen molar-refractivity contribution < 1.29 is 13.2 Å². The van der Waals surface area contributed by atoms with E-state index in [2.05, 4.69) is 14.8 Å². The van der Waals surface area contributed by atoms with Crippen molar-refractivity contribution >= 4 is 20.9 Å². The highest BCUT2D eigenvalue weighted by molar-refractivity contribution is 7.89. The van der Waals surface area contributed by atoms with Gasteiger partial charge in [-0.15, -0.1) is 0 Å². The third-order valence-electron chi connectivity index (χ3n) is 5.40. The van der Waals surface area contributed by atoms with Gasteiger partial charge < -0.3 is 4.74 Å². The average molecular weight is 412 g/mol. The molecule has 3 heterocycles. The summed E-state index contributed by atoms with van der Waals surface area (Å²) in [6.07, 6.45) is 3.70. The minimum Gasteiger partial charge on any atom is -0.377 e. The van der Waals surface area contributed by atoms with Crippen molar-refractivity contribution in [3.63, 3.8) is 0 Å². The molecule has 2 atom stereocenters. The molecule has 3 aromatic rings. The maximum atomic E-state index is 13.1. The highest BCUT2D eigenvalue weighted by Gasteiger charge is 2.36. The second kappa shape index (κ2) is 7.01. The fourth-order valence-corrected chi connectivity index (χ4v) is 5.16. The molecule has 1 aromatic carbocycles. The molecule has 150 valence electrons. The third kappa shape index (κ3) is 3.45. The van der Waals surface area contributed by atoms with E-state index in [0.29, 0.717) is 11.4 Å². The lowest BCUT2D eigenvalue weighted by molar-refractivity contribution is 0.181. The summed E-state index contributed by atoms with van der Waals surface area (Å²) >= 11 is 0. The molecular weight excluding hydrogens is 392 g/mol. The first kappa shape index (κ1) is 18.4. The number of pyridine rings is 1. The molecule has 2 unspecified atom stereocenters. The summed E-state index contributed by atoms with van der Waals surface area (Å²) < 4.78 is 35.9. The smallest absolute Gasteiger partial charge is 0.267 e. The van der Waals surface area contributed by atoms with Crippen LogP contribution in [0.5, 0.6) is 0 Å². The van der Waals surface area contributed by atoms with Gasteiger partial charge in [-0.3, -0.25) is 9.78 Å². The number of fused-ring (bicyclic) bond motifs is 1. The van der Waals surface area contributed by atoms with Gasteiger partial charge in [0.2, 0.25) is 10.0 Å². The second-order valence-electron chi connectivity index (χ2n) is 7.48. The Morgan fingerprint density at radius 2 is 1.90 bits per heavy atom. The van der Waals surface area contributed by atoms with E-state index in [-0.39, 0.29) is 23.7 Å². The maximum absolute atomic E-state index is 13.1. The summed E-state index contributed by atoms with van der Waals surface area (Å²) in [6.45, 7) is 0.395. The van der Waals surface area contributed by atoms with Crippen LogP contribution in [0, 0.1) is 0 Å². The summed E-state index contributed by atoms with van der Waals surface area (Å²) in [5.74, 6) is 0.390. The van der Waals surface area contributed by atoms with Crippen molar-refractivity contribution in [1.29, 1.82) is 0 Å². The van der Waals surface area contributed by atoms with Gasteiger partial charge in [0.05, 0.1) is 36.5 Å². The van der Waals surface area contributed by atoms with Crippen LogP contribution in [-0.4, -0.2) is 42.4 Å². The Labute approximate surface area is 167 Å². The van der Waals surface area contributed by atoms with E-state index in [1.165, 1.54) is 16.8 Å². The van der Waals surface area contributed by atoms with E-state index >= 15 is 0 Å². The number of ether oxygens (including phenoxy) is 1. The first-order valence-electron chi connectivity index (χ1n) is 9.56. The SMILES string of the molecule is O=c1ccc(C2CC2)nn1C1COCC1NS(=O)(=O)c1cccc2cccnc12. The zero-order valence-corrected chi connectivity index (χ0v) is 16.4. The number of sulfonamides is 1. The van der Waals surface area contributed by atoms with Gasteiger partial charge in [0.1, 0.15) is 4.90 Å². The third-order valence-corrected chi connectivity index (χ3v) is 6.92. The molecular formula is C20H20N4O4S. The van der Waals surface area contributed by atoms with E-state index in [1.807, 2.05) is 12.1 Å². The number of nitrogens with zero attached hydrogens (tertiary/aromatic N) is 3. The second-order valence-corrected chi connectivity index (χ2v) is 9.16. The summed E-state index contributed by atoms with van der Waals surface area (Å²) in [7, 11) is -3.87. The van der Waals surface area contributed by atoms with Crippen molar-refractivity contribution in [2.24, 2.45) is 0 Å². The number of hydrogen-bond donors (Lipinski definition) is 1. The number of para-hydroxylation sites is 1. The Hall–Kier alpha value is -2.62. The lowest BCUT2D eigenvalue weighted by Crippen LogP contribution is -2.44. The fourth-order valence-electron chi connectivity index (χ4n) is 3.73. The van der Waals surface area contributed by atoms with Crippen LogP contribution >= 0.6 is 0 Å². The predicted molar refractivity (Wildman–Crippen MR) is 106 cm³/mol. The molecule has 2 aliphatic rings. The van der Waals surface area contributed by atoms with Crippen molar-refractivity contribution in [1.82, 2.24) is 19.5 Å². The molecule has 0 bridgehead atoms. The monoisotopic (exact) mass is 412 g/mol. The number of rotatable bonds is 5. The van der Waals surface area contributed by atoms with Crippen LogP contribution in [0.1, 0.15) is 30.5 Å². The number of aromatic nitrogens is 3. The summed E-state index contributed by atoms with van der Waals surface area (Å²) in [5, 5.41) is 5.24. The van der Waals surface area contributed by atoms with Crippen LogP contribution in [0.25, 0.3) is 10.9 Å². The molecule has 2 aromatic heterocycles. The molecule has 8 nitrogen and oxygen atoms in total. The Morgan fingerprint density at radius 3 is 2.72 bits per heavy atom. The molecule has 1 saturated carbocycles. The Balaban J connectivity index is 1.48. The number of hydrogen-bond acceptors (Lipinski definition) is 6. The van der Waals surface area contributed by atoms with Gasteiger partial charge in [-0.1, -0.05) is 18.2 Å². The van der Waals surface area contributed by atoms with Crippen molar-refractivity contribution in [3.05, 3.63) is 64.7 Å². The lowest BCUT2D eigenvalue weighted by Gasteiger charge is -2.21. The van der Waals surface area contributed by atoms with Crippen molar-refractivity contribution in [2.75, 3.05) is 13.2 Å². The van der Waals surface area contributed by atoms with Crippen LogP contribution in [0.2, 0.25) is 0 Å². The molecule has 9 heteroatoms. The summed E-state index contributed by atoms with van der Waals surface area (Å²) in [5.41, 5.74) is 1.02. The molecule has 29 heavy (non-hydrogen) atoms. The Morgan fingerprint density at radius 1 is 1.07 bits per heavy atom. The summed E-state index contributed by atoms with van der Waals surface area (Å²) in [6, 6.07) is 10.8. The molecule has 1 aliphatic heterocycles. The van der Waals surface area contributed by atoms with Gasteiger partial charge >= 0.3 is 0 Å². The minimum absolute atomic E-state index is 0.105. The van der Waals surface area contributed by atoms with Gasteiger partial charge in [0.15, 0.2) is 0 Å². The average Bonchev–Trinajstić information content (AvgIpc) is 3.48. The predicted octanol–water partition coefficient (Wildman–Crippen LogP) is 1.59. The molecule has 2 fully saturated rings. The van der Waals surface area contributed by atoms with Crippen molar-refractivity contribution in [3.8, 4) is 0 Å². The minimum atomic E-state index is -3.87. The van der Waals surface area contributed by atoms with Crippen molar-refractivity contribution in [2.45, 2.75) is 35.7 Å². The highest BCUT2D eigenvalue weighted by Crippen LogP contribution is 2.38. The largest absolute Gasteiger partial charge is 0.377 e. The Bertz CT molecular complexity index is 1230. The van der Waals surface area contributed by atoms with E-state index in [1.54, 1.807) is 24.4 Å². The molecule has 0 amide bonds. The van der Waals surface area contributed by atoms with Gasteiger partial charge in [0.25, 0.3) is 5.56 Å². The molecule has 1 saturated heterocycles. The molecule has 1 aliphatic carbocycles. The van der Waals surface area contributed by atoms with Crippen LogP contribution in [0.4, 0.5) is 0 Å². The fraction of sp³-hybridized carbons (Fsp3) is 0.350. The van der Waals surface area contributed by atoms with Gasteiger partial charge in [-0.25, -0.2) is 17.8 Å². The Kier molecular flexibility index (Phi) is 4.45. The van der Waals surface area contributed by atoms with E-state index in [0.717, 1.165) is 23.9 Å². The van der Waals surface area contributed by atoms with E-state index < -0.39 is 22.1 Å². The van der Waals surface area contributed by atoms with Crippen LogP contribution < -0.4 is 10.3 Å². The van der Waals surface area contributed by atoms with Crippen LogP contribution in [-0.2, 0) is 14.8 Å². The number of nitrogens with one attached hydrogen (secondary N) is 1. The lowest BCUT2D eigenvalue weighted by atomic mass is 10.2. The van der Waals surface area contributed by atoms with E-state index in [4.69, 9.17) is 4.74 Å². The standard InChI is InChI=1S/C20H20N4O4S/c25-19-9-8-15(13-6-7-13)22-24(19)17-12-28-11-16(17)23-29(26,27)18-5-1-3-14-4-2-10-21-20(14)18/h1-5,8-10,13,16-17,23H,6-7,11-12H2. The molecule has 1 N–H and O–H groups in total. The molecule has 5 rings (SSSR count). The van der Waals surface area contributed by atoms with E-state index in [9.17, 15) is 13.2 Å². The maximum Gasteiger partial charge on any atom is 0.267 e. The van der Waals surface area contributed by atoms with Crippen LogP contribution in [0.15, 0.2) is 58.4 Å². The first-order valence-corrected chi connectivity index (χ1v) is 11.0. The van der Waals surface area contributed by atoms with Crippen LogP contribution in [0.3, 0.4) is 0 Å². The normalized spacial score (nSPS) is 22.2. The summed E-state index contributed by atoms with van der Waals surface area (Å²) in [4.78, 5) is 16.8. The quantitative estimate of drug-likeness (QED) is 0.683. The zero-order valence-electron chi connectivity index (χ0n) is 15.6. The number of benzene rings is 1. The highest BCUT2D eigenvalue weighted by atomic mass is 32.2. The van der Waals surface area contributed by atoms with Gasteiger partial charge in [-0.05, 0) is 31.0 Å². The van der Waals surface area contributed by atoms with Gasteiger partial charge in [0, 0.05) is 23.6 Å². The topological polar surface area (TPSA) is 103 Å². The van der Waals surface area contributed by atoms with Gasteiger partial charge in [-0.2, -0.15) is 5.10 Å². The zero-order chi connectivity index (χ0) is 20.0.